The van der Waals surface area contributed by atoms with E-state index < -0.39 is 0 Å². The monoisotopic (exact) mass is 341 g/mol. The van der Waals surface area contributed by atoms with Crippen molar-refractivity contribution in [2.75, 3.05) is 26.7 Å². The van der Waals surface area contributed by atoms with Crippen molar-refractivity contribution in [1.82, 2.24) is 25.3 Å². The van der Waals surface area contributed by atoms with Crippen LogP contribution in [0.1, 0.15) is 16.9 Å². The smallest absolute Gasteiger partial charge is 0.270 e. The fourth-order valence-electron chi connectivity index (χ4n) is 2.92. The minimum atomic E-state index is 0.144. The molecule has 1 N–H and O–H groups in total. The van der Waals surface area contributed by atoms with Crippen LogP contribution in [0.3, 0.4) is 0 Å². The molecule has 1 aliphatic rings. The van der Waals surface area contributed by atoms with Crippen molar-refractivity contribution in [1.29, 1.82) is 0 Å². The van der Waals surface area contributed by atoms with Crippen molar-refractivity contribution in [3.05, 3.63) is 41.2 Å². The maximum Gasteiger partial charge on any atom is 0.270 e. The zero-order chi connectivity index (χ0) is 16.5. The molecule has 1 atom stereocenters. The molecule has 4 rings (SSSR count). The minimum Gasteiger partial charge on any atom is -0.333 e. The second kappa shape index (κ2) is 6.43. The maximum absolute atomic E-state index is 5.58. The third-order valence-corrected chi connectivity index (χ3v) is 5.19. The molecule has 2 aromatic heterocycles. The number of aromatic nitrogens is 3. The zero-order valence-corrected chi connectivity index (χ0v) is 14.5. The number of nitrogens with one attached hydrogen (secondary N) is 1. The average Bonchev–Trinajstić information content (AvgIpc) is 3.23. The number of rotatable bonds is 3. The van der Waals surface area contributed by atoms with E-state index in [0.717, 1.165) is 46.6 Å². The normalized spacial score (nSPS) is 18.8. The number of likely N-dealkylation sites (N-methyl/N-ethyl adjacent to an activating group) is 1. The first kappa shape index (κ1) is 15.4. The first-order valence-corrected chi connectivity index (χ1v) is 8.82. The van der Waals surface area contributed by atoms with E-state index in [-0.39, 0.29) is 6.04 Å². The molecule has 1 unspecified atom stereocenters. The van der Waals surface area contributed by atoms with Gasteiger partial charge in [0.2, 0.25) is 0 Å². The van der Waals surface area contributed by atoms with E-state index in [4.69, 9.17) is 4.52 Å². The predicted octanol–water partition coefficient (Wildman–Crippen LogP) is 2.74. The molecule has 0 spiro atoms. The van der Waals surface area contributed by atoms with Crippen LogP contribution in [0.15, 0.2) is 34.9 Å². The fourth-order valence-corrected chi connectivity index (χ4v) is 3.78. The lowest BCUT2D eigenvalue weighted by Crippen LogP contribution is -2.44. The van der Waals surface area contributed by atoms with Gasteiger partial charge in [0.25, 0.3) is 5.89 Å². The summed E-state index contributed by atoms with van der Waals surface area (Å²) in [7, 11) is 2.09. The third-order valence-electron chi connectivity index (χ3n) is 4.23. The second-order valence-corrected chi connectivity index (χ2v) is 7.14. The molecule has 0 aliphatic carbocycles. The molecule has 0 saturated carbocycles. The van der Waals surface area contributed by atoms with Gasteiger partial charge in [-0.05, 0) is 14.0 Å². The van der Waals surface area contributed by atoms with E-state index in [0.29, 0.717) is 5.89 Å². The summed E-state index contributed by atoms with van der Waals surface area (Å²) < 4.78 is 5.58. The molecule has 3 heterocycles. The predicted molar refractivity (Wildman–Crippen MR) is 93.8 cm³/mol. The lowest BCUT2D eigenvalue weighted by molar-refractivity contribution is 0.190. The largest absolute Gasteiger partial charge is 0.333 e. The Morgan fingerprint density at radius 1 is 1.25 bits per heavy atom. The molecule has 6 nitrogen and oxygen atoms in total. The van der Waals surface area contributed by atoms with Gasteiger partial charge in [0.15, 0.2) is 5.82 Å². The number of benzene rings is 1. The average molecular weight is 341 g/mol. The number of aryl methyl sites for hydroxylation is 1. The van der Waals surface area contributed by atoms with Crippen LogP contribution < -0.4 is 5.32 Å². The van der Waals surface area contributed by atoms with E-state index >= 15 is 0 Å². The number of hydrogen-bond acceptors (Lipinski definition) is 7. The minimum absolute atomic E-state index is 0.144. The Labute approximate surface area is 144 Å². The molecule has 7 heteroatoms. The Morgan fingerprint density at radius 3 is 2.88 bits per heavy atom. The summed E-state index contributed by atoms with van der Waals surface area (Å²) in [6, 6.07) is 10.3. The molecule has 0 amide bonds. The highest BCUT2D eigenvalue weighted by Crippen LogP contribution is 2.36. The molecule has 124 valence electrons. The highest BCUT2D eigenvalue weighted by molar-refractivity contribution is 7.15. The van der Waals surface area contributed by atoms with Gasteiger partial charge in [-0.15, -0.1) is 11.3 Å². The van der Waals surface area contributed by atoms with Gasteiger partial charge < -0.3 is 9.84 Å². The van der Waals surface area contributed by atoms with E-state index in [1.54, 1.807) is 11.3 Å². The summed E-state index contributed by atoms with van der Waals surface area (Å²) in [4.78, 5) is 12.5. The zero-order valence-electron chi connectivity index (χ0n) is 13.7. The molecule has 1 saturated heterocycles. The topological polar surface area (TPSA) is 67.1 Å². The number of piperazine rings is 1. The maximum atomic E-state index is 5.58. The Balaban J connectivity index is 1.70. The molecular weight excluding hydrogens is 322 g/mol. The van der Waals surface area contributed by atoms with Crippen LogP contribution >= 0.6 is 11.3 Å². The molecular formula is C17H19N5OS. The third kappa shape index (κ3) is 2.86. The standard InChI is InChI=1S/C17H19N5OS/c1-11-19-14(12-6-4-3-5-7-12)15(24-11)17-20-16(21-23-17)13-10-18-8-9-22(13)2/h3-7,13,18H,8-10H2,1-2H3. The quantitative estimate of drug-likeness (QED) is 0.790. The number of thiazole rings is 1. The van der Waals surface area contributed by atoms with Gasteiger partial charge in [-0.2, -0.15) is 4.98 Å². The Bertz CT molecular complexity index is 829. The van der Waals surface area contributed by atoms with Gasteiger partial charge in [0.1, 0.15) is 4.88 Å². The van der Waals surface area contributed by atoms with Crippen molar-refractivity contribution in [2.45, 2.75) is 13.0 Å². The van der Waals surface area contributed by atoms with Gasteiger partial charge in [-0.25, -0.2) is 4.98 Å². The molecule has 0 radical (unpaired) electrons. The summed E-state index contributed by atoms with van der Waals surface area (Å²) in [5.41, 5.74) is 1.97. The summed E-state index contributed by atoms with van der Waals surface area (Å²) in [6.45, 7) is 4.80. The number of nitrogens with zero attached hydrogens (tertiary/aromatic N) is 4. The molecule has 0 bridgehead atoms. The molecule has 3 aromatic rings. The van der Waals surface area contributed by atoms with E-state index in [1.807, 2.05) is 37.3 Å². The van der Waals surface area contributed by atoms with Crippen LogP contribution in [0, 0.1) is 6.92 Å². The van der Waals surface area contributed by atoms with Crippen LogP contribution in [0.2, 0.25) is 0 Å². The Morgan fingerprint density at radius 2 is 2.08 bits per heavy atom. The van der Waals surface area contributed by atoms with Gasteiger partial charge in [0.05, 0.1) is 16.7 Å². The molecule has 1 aliphatic heterocycles. The first-order valence-electron chi connectivity index (χ1n) is 8.00. The van der Waals surface area contributed by atoms with Crippen molar-refractivity contribution >= 4 is 11.3 Å². The van der Waals surface area contributed by atoms with Crippen LogP contribution in [0.5, 0.6) is 0 Å². The summed E-state index contributed by atoms with van der Waals surface area (Å²) in [5.74, 6) is 1.28. The van der Waals surface area contributed by atoms with E-state index in [9.17, 15) is 0 Å². The van der Waals surface area contributed by atoms with E-state index in [1.165, 1.54) is 0 Å². The Hall–Kier alpha value is -2.09. The Kier molecular flexibility index (Phi) is 4.13. The lowest BCUT2D eigenvalue weighted by Gasteiger charge is -2.30. The molecule has 24 heavy (non-hydrogen) atoms. The summed E-state index contributed by atoms with van der Waals surface area (Å²) in [5, 5.41) is 8.59. The SMILES string of the molecule is Cc1nc(-c2ccccc2)c(-c2nc(C3CNCCN3C)no2)s1. The molecule has 1 fully saturated rings. The lowest BCUT2D eigenvalue weighted by atomic mass is 10.1. The van der Waals surface area contributed by atoms with Gasteiger partial charge in [-0.3, -0.25) is 4.90 Å². The second-order valence-electron chi connectivity index (χ2n) is 5.93. The number of hydrogen-bond donors (Lipinski definition) is 1. The van der Waals surface area contributed by atoms with Gasteiger partial charge >= 0.3 is 0 Å². The fraction of sp³-hybridized carbons (Fsp3) is 0.353. The van der Waals surface area contributed by atoms with Crippen LogP contribution in [-0.2, 0) is 0 Å². The van der Waals surface area contributed by atoms with Gasteiger partial charge in [0, 0.05) is 25.2 Å². The van der Waals surface area contributed by atoms with Crippen molar-refractivity contribution < 1.29 is 4.52 Å². The van der Waals surface area contributed by atoms with Crippen molar-refractivity contribution in [2.24, 2.45) is 0 Å². The molecule has 1 aromatic carbocycles. The van der Waals surface area contributed by atoms with E-state index in [2.05, 4.69) is 32.4 Å². The highest BCUT2D eigenvalue weighted by atomic mass is 32.1. The summed E-state index contributed by atoms with van der Waals surface area (Å²) >= 11 is 1.59. The highest BCUT2D eigenvalue weighted by Gasteiger charge is 2.27. The van der Waals surface area contributed by atoms with Crippen molar-refractivity contribution in [3.8, 4) is 22.0 Å². The van der Waals surface area contributed by atoms with Crippen LogP contribution in [0.4, 0.5) is 0 Å². The summed E-state index contributed by atoms with van der Waals surface area (Å²) in [6.07, 6.45) is 0. The van der Waals surface area contributed by atoms with Crippen LogP contribution in [0.25, 0.3) is 22.0 Å². The first-order chi connectivity index (χ1) is 11.7. The van der Waals surface area contributed by atoms with Gasteiger partial charge in [-0.1, -0.05) is 35.5 Å². The van der Waals surface area contributed by atoms with Crippen molar-refractivity contribution in [3.63, 3.8) is 0 Å². The van der Waals surface area contributed by atoms with Crippen LogP contribution in [-0.4, -0.2) is 46.7 Å².